The molecule has 0 fully saturated rings. The molecule has 0 spiro atoms. The number of amides is 1. The van der Waals surface area contributed by atoms with Gasteiger partial charge in [0.1, 0.15) is 12.2 Å². The van der Waals surface area contributed by atoms with Crippen LogP contribution in [0.4, 0.5) is 0 Å². The van der Waals surface area contributed by atoms with E-state index < -0.39 is 0 Å². The number of aromatic nitrogens is 2. The molecule has 5 nitrogen and oxygen atoms in total. The molecule has 5 heteroatoms. The zero-order valence-electron chi connectivity index (χ0n) is 15.6. The molecule has 0 aliphatic carbocycles. The molecule has 0 radical (unpaired) electrons. The van der Waals surface area contributed by atoms with E-state index in [0.717, 1.165) is 27.8 Å². The molecule has 1 aromatic heterocycles. The third-order valence-electron chi connectivity index (χ3n) is 4.76. The Labute approximate surface area is 152 Å². The molecule has 0 saturated carbocycles. The Bertz CT molecular complexity index is 1050. The third kappa shape index (κ3) is 3.52. The van der Waals surface area contributed by atoms with Crippen LogP contribution in [0.5, 0.6) is 0 Å². The molecule has 2 aromatic carbocycles. The summed E-state index contributed by atoms with van der Waals surface area (Å²) in [5, 5.41) is 2.91. The van der Waals surface area contributed by atoms with Gasteiger partial charge in [0, 0.05) is 6.54 Å². The highest BCUT2D eigenvalue weighted by Crippen LogP contribution is 2.17. The molecule has 0 aliphatic rings. The largest absolute Gasteiger partial charge is 0.350 e. The van der Waals surface area contributed by atoms with Crippen LogP contribution in [0.2, 0.25) is 0 Å². The molecule has 1 amide bonds. The van der Waals surface area contributed by atoms with Crippen molar-refractivity contribution in [1.29, 1.82) is 0 Å². The highest BCUT2D eigenvalue weighted by molar-refractivity contribution is 5.81. The SMILES string of the molecule is Cc1cc2nc(C)c(=O)n(CC(=O)NCc3ccccc3C)c2cc1C. The molecule has 3 rings (SSSR count). The molecular weight excluding hydrogens is 326 g/mol. The summed E-state index contributed by atoms with van der Waals surface area (Å²) in [6.45, 7) is 8.11. The Morgan fingerprint density at radius 3 is 2.46 bits per heavy atom. The van der Waals surface area contributed by atoms with Crippen LogP contribution in [-0.4, -0.2) is 15.5 Å². The van der Waals surface area contributed by atoms with Crippen molar-refractivity contribution in [3.8, 4) is 0 Å². The van der Waals surface area contributed by atoms with Gasteiger partial charge >= 0.3 is 0 Å². The van der Waals surface area contributed by atoms with E-state index in [2.05, 4.69) is 10.3 Å². The van der Waals surface area contributed by atoms with Crippen LogP contribution < -0.4 is 10.9 Å². The van der Waals surface area contributed by atoms with Crippen molar-refractivity contribution in [2.75, 3.05) is 0 Å². The van der Waals surface area contributed by atoms with E-state index in [1.54, 1.807) is 6.92 Å². The fraction of sp³-hybridized carbons (Fsp3) is 0.286. The molecule has 0 aliphatic heterocycles. The number of carbonyl (C=O) groups excluding carboxylic acids is 1. The number of fused-ring (bicyclic) bond motifs is 1. The second-order valence-corrected chi connectivity index (χ2v) is 6.72. The summed E-state index contributed by atoms with van der Waals surface area (Å²) in [5.74, 6) is -0.194. The lowest BCUT2D eigenvalue weighted by molar-refractivity contribution is -0.121. The van der Waals surface area contributed by atoms with E-state index in [9.17, 15) is 9.59 Å². The van der Waals surface area contributed by atoms with Crippen LogP contribution in [0.15, 0.2) is 41.2 Å². The Kier molecular flexibility index (Phi) is 4.89. The number of aryl methyl sites for hydroxylation is 4. The summed E-state index contributed by atoms with van der Waals surface area (Å²) in [4.78, 5) is 29.4. The van der Waals surface area contributed by atoms with Gasteiger partial charge in [0.15, 0.2) is 0 Å². The maximum Gasteiger partial charge on any atom is 0.272 e. The van der Waals surface area contributed by atoms with Gasteiger partial charge in [-0.1, -0.05) is 24.3 Å². The summed E-state index contributed by atoms with van der Waals surface area (Å²) in [6, 6.07) is 11.8. The van der Waals surface area contributed by atoms with Crippen LogP contribution in [0, 0.1) is 27.7 Å². The van der Waals surface area contributed by atoms with E-state index in [4.69, 9.17) is 0 Å². The standard InChI is InChI=1S/C21H23N3O2/c1-13-7-5-6-8-17(13)11-22-20(25)12-24-19-10-15(3)14(2)9-18(19)23-16(4)21(24)26/h5-10H,11-12H2,1-4H3,(H,22,25). The summed E-state index contributed by atoms with van der Waals surface area (Å²) in [6.07, 6.45) is 0. The normalized spacial score (nSPS) is 10.9. The van der Waals surface area contributed by atoms with Crippen LogP contribution in [0.25, 0.3) is 11.0 Å². The number of rotatable bonds is 4. The molecule has 1 heterocycles. The lowest BCUT2D eigenvalue weighted by atomic mass is 10.1. The number of benzene rings is 2. The summed E-state index contributed by atoms with van der Waals surface area (Å²) < 4.78 is 1.51. The average molecular weight is 349 g/mol. The molecule has 0 bridgehead atoms. The number of nitrogens with zero attached hydrogens (tertiary/aromatic N) is 2. The maximum atomic E-state index is 12.6. The van der Waals surface area contributed by atoms with Crippen LogP contribution >= 0.6 is 0 Å². The lowest BCUT2D eigenvalue weighted by Gasteiger charge is -2.13. The number of hydrogen-bond donors (Lipinski definition) is 1. The Morgan fingerprint density at radius 1 is 1.04 bits per heavy atom. The Morgan fingerprint density at radius 2 is 1.73 bits per heavy atom. The first-order chi connectivity index (χ1) is 12.4. The van der Waals surface area contributed by atoms with E-state index >= 15 is 0 Å². The van der Waals surface area contributed by atoms with Gasteiger partial charge in [-0.3, -0.25) is 14.2 Å². The van der Waals surface area contributed by atoms with Gasteiger partial charge in [-0.15, -0.1) is 0 Å². The second kappa shape index (κ2) is 7.12. The molecular formula is C21H23N3O2. The van der Waals surface area contributed by atoms with Crippen molar-refractivity contribution in [2.24, 2.45) is 0 Å². The van der Waals surface area contributed by atoms with Gasteiger partial charge in [-0.05, 0) is 62.1 Å². The molecule has 0 unspecified atom stereocenters. The van der Waals surface area contributed by atoms with Gasteiger partial charge in [0.2, 0.25) is 5.91 Å². The van der Waals surface area contributed by atoms with E-state index in [-0.39, 0.29) is 18.0 Å². The monoisotopic (exact) mass is 349 g/mol. The molecule has 3 aromatic rings. The summed E-state index contributed by atoms with van der Waals surface area (Å²) >= 11 is 0. The van der Waals surface area contributed by atoms with Gasteiger partial charge in [0.05, 0.1) is 11.0 Å². The first-order valence-corrected chi connectivity index (χ1v) is 8.66. The minimum atomic E-state index is -0.230. The van der Waals surface area contributed by atoms with Gasteiger partial charge in [-0.2, -0.15) is 0 Å². The number of hydrogen-bond acceptors (Lipinski definition) is 3. The Balaban J connectivity index is 1.89. The number of carbonyl (C=O) groups is 1. The highest BCUT2D eigenvalue weighted by atomic mass is 16.2. The van der Waals surface area contributed by atoms with Crippen molar-refractivity contribution < 1.29 is 4.79 Å². The van der Waals surface area contributed by atoms with E-state index in [1.165, 1.54) is 4.57 Å². The van der Waals surface area contributed by atoms with E-state index in [1.807, 2.05) is 57.2 Å². The first kappa shape index (κ1) is 17.9. The molecule has 1 N–H and O–H groups in total. The van der Waals surface area contributed by atoms with E-state index in [0.29, 0.717) is 17.8 Å². The fourth-order valence-corrected chi connectivity index (χ4v) is 2.98. The van der Waals surface area contributed by atoms with Crippen LogP contribution in [0.3, 0.4) is 0 Å². The predicted molar refractivity (Wildman–Crippen MR) is 103 cm³/mol. The predicted octanol–water partition coefficient (Wildman–Crippen LogP) is 2.95. The zero-order chi connectivity index (χ0) is 18.8. The topological polar surface area (TPSA) is 64.0 Å². The van der Waals surface area contributed by atoms with Crippen molar-refractivity contribution in [3.63, 3.8) is 0 Å². The Hall–Kier alpha value is -2.95. The second-order valence-electron chi connectivity index (χ2n) is 6.72. The van der Waals surface area contributed by atoms with Crippen molar-refractivity contribution in [3.05, 3.63) is 74.7 Å². The van der Waals surface area contributed by atoms with Crippen LogP contribution in [0.1, 0.15) is 27.9 Å². The molecule has 26 heavy (non-hydrogen) atoms. The first-order valence-electron chi connectivity index (χ1n) is 8.66. The van der Waals surface area contributed by atoms with Gasteiger partial charge in [0.25, 0.3) is 5.56 Å². The summed E-state index contributed by atoms with van der Waals surface area (Å²) in [5.41, 5.74) is 5.96. The maximum absolute atomic E-state index is 12.6. The van der Waals surface area contributed by atoms with Crippen LogP contribution in [-0.2, 0) is 17.9 Å². The minimum absolute atomic E-state index is 0.0208. The fourth-order valence-electron chi connectivity index (χ4n) is 2.98. The minimum Gasteiger partial charge on any atom is -0.350 e. The number of nitrogens with one attached hydrogen (secondary N) is 1. The van der Waals surface area contributed by atoms with Gasteiger partial charge in [-0.25, -0.2) is 4.98 Å². The van der Waals surface area contributed by atoms with Crippen molar-refractivity contribution in [1.82, 2.24) is 14.9 Å². The molecule has 0 atom stereocenters. The van der Waals surface area contributed by atoms with Crippen molar-refractivity contribution in [2.45, 2.75) is 40.8 Å². The smallest absolute Gasteiger partial charge is 0.272 e. The third-order valence-corrected chi connectivity index (χ3v) is 4.76. The average Bonchev–Trinajstić information content (AvgIpc) is 2.60. The van der Waals surface area contributed by atoms with Gasteiger partial charge < -0.3 is 5.32 Å². The quantitative estimate of drug-likeness (QED) is 0.788. The zero-order valence-corrected chi connectivity index (χ0v) is 15.6. The highest BCUT2D eigenvalue weighted by Gasteiger charge is 2.13. The van der Waals surface area contributed by atoms with Crippen molar-refractivity contribution >= 4 is 16.9 Å². The lowest BCUT2D eigenvalue weighted by Crippen LogP contribution is -2.33. The summed E-state index contributed by atoms with van der Waals surface area (Å²) in [7, 11) is 0. The molecule has 0 saturated heterocycles. The molecule has 134 valence electrons.